The normalized spacial score (nSPS) is 40.7. The predicted molar refractivity (Wildman–Crippen MR) is 101 cm³/mol. The maximum Gasteiger partial charge on any atom is 0.150 e. The molecule has 6 heteroatoms. The van der Waals surface area contributed by atoms with Crippen LogP contribution in [0.25, 0.3) is 0 Å². The Morgan fingerprint density at radius 1 is 1.04 bits per heavy atom. The molecule has 2 aliphatic carbocycles. The van der Waals surface area contributed by atoms with Gasteiger partial charge in [-0.2, -0.15) is 0 Å². The molecule has 5 nitrogen and oxygen atoms in total. The highest BCUT2D eigenvalue weighted by Crippen LogP contribution is 2.31. The van der Waals surface area contributed by atoms with Crippen molar-refractivity contribution in [2.24, 2.45) is 17.8 Å². The molecule has 0 bridgehead atoms. The van der Waals surface area contributed by atoms with Gasteiger partial charge in [-0.15, -0.1) is 0 Å². The minimum absolute atomic E-state index is 0.101. The molecule has 3 fully saturated rings. The van der Waals surface area contributed by atoms with Crippen LogP contribution in [0, 0.1) is 17.8 Å². The fourth-order valence-electron chi connectivity index (χ4n) is 5.02. The molecule has 3 rings (SSSR count). The molecule has 0 radical (unpaired) electrons. The average molecular weight is 373 g/mol. The molecule has 4 unspecified atom stereocenters. The summed E-state index contributed by atoms with van der Waals surface area (Å²) in [6, 6.07) is 0.407. The van der Waals surface area contributed by atoms with Gasteiger partial charge in [0.25, 0.3) is 0 Å². The summed E-state index contributed by atoms with van der Waals surface area (Å²) < 4.78 is 29.7. The smallest absolute Gasteiger partial charge is 0.150 e. The molecule has 2 saturated carbocycles. The summed E-state index contributed by atoms with van der Waals surface area (Å²) in [5, 5.41) is 7.08. The van der Waals surface area contributed by atoms with Crippen molar-refractivity contribution in [3.8, 4) is 0 Å². The first-order valence-electron chi connectivity index (χ1n) is 10.2. The van der Waals surface area contributed by atoms with Gasteiger partial charge in [-0.3, -0.25) is 5.32 Å². The number of hydrogen-bond donors (Lipinski definition) is 2. The van der Waals surface area contributed by atoms with Crippen molar-refractivity contribution in [1.29, 1.82) is 0 Å². The Morgan fingerprint density at radius 2 is 1.80 bits per heavy atom. The quantitative estimate of drug-likeness (QED) is 0.775. The van der Waals surface area contributed by atoms with Crippen LogP contribution in [0.1, 0.15) is 58.3 Å². The Kier molecular flexibility index (Phi) is 6.80. The summed E-state index contributed by atoms with van der Waals surface area (Å²) in [4.78, 5) is 0. The molecule has 1 heterocycles. The number of rotatable bonds is 5. The van der Waals surface area contributed by atoms with Crippen molar-refractivity contribution < 1.29 is 13.2 Å². The van der Waals surface area contributed by atoms with Crippen LogP contribution in [0.15, 0.2) is 0 Å². The van der Waals surface area contributed by atoms with Crippen LogP contribution in [0.4, 0.5) is 0 Å². The summed E-state index contributed by atoms with van der Waals surface area (Å²) in [6.45, 7) is 5.07. The minimum atomic E-state index is -2.88. The molecule has 0 amide bonds. The standard InChI is InChI=1S/C19H36N2O3S/c1-14-4-3-5-15(10-14)13-24-19-12-20-11-18(21-19)16-6-8-17(9-7-16)25(2,22)23/h14-21H,3-13H2,1-2H3. The van der Waals surface area contributed by atoms with E-state index in [2.05, 4.69) is 17.6 Å². The van der Waals surface area contributed by atoms with Crippen LogP contribution < -0.4 is 10.6 Å². The molecule has 2 N–H and O–H groups in total. The molecule has 3 aliphatic rings. The zero-order chi connectivity index (χ0) is 17.9. The third kappa shape index (κ3) is 5.65. The molecule has 25 heavy (non-hydrogen) atoms. The number of ether oxygens (including phenoxy) is 1. The van der Waals surface area contributed by atoms with Gasteiger partial charge < -0.3 is 10.1 Å². The lowest BCUT2D eigenvalue weighted by molar-refractivity contribution is -0.0251. The van der Waals surface area contributed by atoms with Crippen LogP contribution in [0.2, 0.25) is 0 Å². The summed E-state index contributed by atoms with van der Waals surface area (Å²) in [5.41, 5.74) is 0. The van der Waals surface area contributed by atoms with Gasteiger partial charge in [0.1, 0.15) is 16.1 Å². The lowest BCUT2D eigenvalue weighted by Crippen LogP contribution is -2.59. The lowest BCUT2D eigenvalue weighted by atomic mass is 9.82. The third-order valence-electron chi connectivity index (χ3n) is 6.57. The van der Waals surface area contributed by atoms with E-state index in [4.69, 9.17) is 4.74 Å². The Balaban J connectivity index is 1.42. The van der Waals surface area contributed by atoms with Crippen LogP contribution in [-0.2, 0) is 14.6 Å². The largest absolute Gasteiger partial charge is 0.362 e. The first-order valence-corrected chi connectivity index (χ1v) is 12.1. The fourth-order valence-corrected chi connectivity index (χ4v) is 6.15. The van der Waals surface area contributed by atoms with Crippen molar-refractivity contribution in [3.63, 3.8) is 0 Å². The average Bonchev–Trinajstić information content (AvgIpc) is 2.60. The Labute approximate surface area is 153 Å². The first kappa shape index (κ1) is 19.6. The van der Waals surface area contributed by atoms with Crippen molar-refractivity contribution in [2.75, 3.05) is 26.0 Å². The summed E-state index contributed by atoms with van der Waals surface area (Å²) >= 11 is 0. The summed E-state index contributed by atoms with van der Waals surface area (Å²) in [6.07, 6.45) is 10.4. The molecule has 4 atom stereocenters. The van der Waals surface area contributed by atoms with E-state index in [1.807, 2.05) is 0 Å². The van der Waals surface area contributed by atoms with E-state index >= 15 is 0 Å². The Bertz CT molecular complexity index is 517. The minimum Gasteiger partial charge on any atom is -0.362 e. The third-order valence-corrected chi connectivity index (χ3v) is 8.25. The SMILES string of the molecule is CC1CCCC(COC2CNCC(C3CCC(S(C)(=O)=O)CC3)N2)C1. The van der Waals surface area contributed by atoms with Gasteiger partial charge in [-0.05, 0) is 56.3 Å². The highest BCUT2D eigenvalue weighted by Gasteiger charge is 2.34. The van der Waals surface area contributed by atoms with Crippen molar-refractivity contribution in [3.05, 3.63) is 0 Å². The van der Waals surface area contributed by atoms with Crippen LogP contribution >= 0.6 is 0 Å². The van der Waals surface area contributed by atoms with E-state index < -0.39 is 9.84 Å². The van der Waals surface area contributed by atoms with Crippen molar-refractivity contribution in [1.82, 2.24) is 10.6 Å². The molecular formula is C19H36N2O3S. The predicted octanol–water partition coefficient (Wildman–Crippen LogP) is 2.32. The van der Waals surface area contributed by atoms with E-state index in [1.54, 1.807) is 0 Å². The zero-order valence-corrected chi connectivity index (χ0v) is 16.7. The number of nitrogens with one attached hydrogen (secondary N) is 2. The van der Waals surface area contributed by atoms with E-state index in [-0.39, 0.29) is 11.5 Å². The highest BCUT2D eigenvalue weighted by molar-refractivity contribution is 7.91. The van der Waals surface area contributed by atoms with Gasteiger partial charge in [0.2, 0.25) is 0 Å². The molecule has 0 aromatic heterocycles. The first-order chi connectivity index (χ1) is 11.9. The fraction of sp³-hybridized carbons (Fsp3) is 1.00. The zero-order valence-electron chi connectivity index (χ0n) is 15.9. The van der Waals surface area contributed by atoms with Gasteiger partial charge in [-0.25, -0.2) is 8.42 Å². The monoisotopic (exact) mass is 372 g/mol. The van der Waals surface area contributed by atoms with E-state index in [0.717, 1.165) is 57.2 Å². The Hall–Kier alpha value is -0.170. The van der Waals surface area contributed by atoms with E-state index in [9.17, 15) is 8.42 Å². The summed E-state index contributed by atoms with van der Waals surface area (Å²) in [7, 11) is -2.88. The topological polar surface area (TPSA) is 67.4 Å². The second-order valence-electron chi connectivity index (χ2n) is 8.76. The molecule has 0 aromatic rings. The second-order valence-corrected chi connectivity index (χ2v) is 11.1. The second kappa shape index (κ2) is 8.68. The Morgan fingerprint density at radius 3 is 2.48 bits per heavy atom. The number of hydrogen-bond acceptors (Lipinski definition) is 5. The van der Waals surface area contributed by atoms with Gasteiger partial charge in [0.05, 0.1) is 11.9 Å². The van der Waals surface area contributed by atoms with Gasteiger partial charge in [0, 0.05) is 25.4 Å². The van der Waals surface area contributed by atoms with Gasteiger partial charge >= 0.3 is 0 Å². The van der Waals surface area contributed by atoms with Crippen LogP contribution in [-0.4, -0.2) is 51.9 Å². The molecular weight excluding hydrogens is 336 g/mol. The van der Waals surface area contributed by atoms with Crippen molar-refractivity contribution in [2.45, 2.75) is 75.8 Å². The maximum atomic E-state index is 11.7. The van der Waals surface area contributed by atoms with E-state index in [1.165, 1.54) is 31.9 Å². The highest BCUT2D eigenvalue weighted by atomic mass is 32.2. The molecule has 1 saturated heterocycles. The molecule has 1 aliphatic heterocycles. The van der Waals surface area contributed by atoms with Crippen LogP contribution in [0.3, 0.4) is 0 Å². The number of piperazine rings is 1. The van der Waals surface area contributed by atoms with Crippen molar-refractivity contribution >= 4 is 9.84 Å². The van der Waals surface area contributed by atoms with Gasteiger partial charge in [-0.1, -0.05) is 19.8 Å². The maximum absolute atomic E-state index is 11.7. The van der Waals surface area contributed by atoms with Crippen LogP contribution in [0.5, 0.6) is 0 Å². The molecule has 146 valence electrons. The van der Waals surface area contributed by atoms with E-state index in [0.29, 0.717) is 12.0 Å². The lowest BCUT2D eigenvalue weighted by Gasteiger charge is -2.39. The number of sulfone groups is 1. The summed E-state index contributed by atoms with van der Waals surface area (Å²) in [5.74, 6) is 2.13. The molecule has 0 spiro atoms. The van der Waals surface area contributed by atoms with Gasteiger partial charge in [0.15, 0.2) is 0 Å². The molecule has 0 aromatic carbocycles.